The first kappa shape index (κ1) is 14.4. The van der Waals surface area contributed by atoms with Gasteiger partial charge in [0.05, 0.1) is 11.5 Å². The standard InChI is InChI=1S/C21H28O3/c22-20(23-11-24-21-5-3-12(10-21)4-6-21)17-9-15-8-16(17)19-14-2-1-13(7-14)18(15)19/h1-2,12-19H,3-11H2. The van der Waals surface area contributed by atoms with Gasteiger partial charge in [-0.1, -0.05) is 12.2 Å². The van der Waals surface area contributed by atoms with Crippen molar-refractivity contribution in [3.63, 3.8) is 0 Å². The molecule has 0 aromatic heterocycles. The number of rotatable bonds is 4. The Kier molecular flexibility index (Phi) is 2.91. The molecule has 0 radical (unpaired) electrons. The number of hydrogen-bond acceptors (Lipinski definition) is 3. The Hall–Kier alpha value is -0.830. The first-order chi connectivity index (χ1) is 11.7. The molecule has 24 heavy (non-hydrogen) atoms. The first-order valence-corrected chi connectivity index (χ1v) is 10.2. The second-order valence-electron chi connectivity index (χ2n) is 9.66. The van der Waals surface area contributed by atoms with Crippen LogP contribution in [0.15, 0.2) is 12.2 Å². The van der Waals surface area contributed by atoms with E-state index in [1.165, 1.54) is 44.9 Å². The Morgan fingerprint density at radius 2 is 1.83 bits per heavy atom. The quantitative estimate of drug-likeness (QED) is 0.339. The summed E-state index contributed by atoms with van der Waals surface area (Å²) in [6.07, 6.45) is 14.8. The maximum absolute atomic E-state index is 12.7. The molecule has 0 saturated heterocycles. The summed E-state index contributed by atoms with van der Waals surface area (Å²) in [5.41, 5.74) is 0.0557. The van der Waals surface area contributed by atoms with E-state index in [-0.39, 0.29) is 24.3 Å². The van der Waals surface area contributed by atoms with Gasteiger partial charge in [0.2, 0.25) is 0 Å². The van der Waals surface area contributed by atoms with Gasteiger partial charge in [0.25, 0.3) is 0 Å². The van der Waals surface area contributed by atoms with Crippen LogP contribution in [0.1, 0.15) is 51.4 Å². The normalized spacial score (nSPS) is 55.5. The lowest BCUT2D eigenvalue weighted by atomic mass is 9.69. The van der Waals surface area contributed by atoms with Crippen LogP contribution in [0.25, 0.3) is 0 Å². The van der Waals surface area contributed by atoms with Gasteiger partial charge in [-0.3, -0.25) is 4.79 Å². The summed E-state index contributed by atoms with van der Waals surface area (Å²) in [7, 11) is 0. The van der Waals surface area contributed by atoms with Crippen molar-refractivity contribution in [2.45, 2.75) is 57.0 Å². The molecular formula is C21H28O3. The van der Waals surface area contributed by atoms with E-state index in [2.05, 4.69) is 12.2 Å². The molecule has 0 aromatic carbocycles. The molecule has 0 spiro atoms. The zero-order chi connectivity index (χ0) is 15.9. The molecule has 3 nitrogen and oxygen atoms in total. The van der Waals surface area contributed by atoms with Crippen LogP contribution in [-0.4, -0.2) is 18.4 Å². The fourth-order valence-electron chi connectivity index (χ4n) is 7.95. The highest BCUT2D eigenvalue weighted by atomic mass is 16.7. The first-order valence-electron chi connectivity index (χ1n) is 10.2. The van der Waals surface area contributed by atoms with Gasteiger partial charge < -0.3 is 9.47 Å². The summed E-state index contributed by atoms with van der Waals surface area (Å²) in [6, 6.07) is 0. The molecule has 7 unspecified atom stereocenters. The zero-order valence-electron chi connectivity index (χ0n) is 14.4. The van der Waals surface area contributed by atoms with Crippen LogP contribution in [0.4, 0.5) is 0 Å². The highest BCUT2D eigenvalue weighted by molar-refractivity contribution is 5.73. The van der Waals surface area contributed by atoms with Crippen molar-refractivity contribution < 1.29 is 14.3 Å². The van der Waals surface area contributed by atoms with E-state index < -0.39 is 0 Å². The van der Waals surface area contributed by atoms with Crippen molar-refractivity contribution in [1.82, 2.24) is 0 Å². The minimum Gasteiger partial charge on any atom is -0.438 e. The number of hydrogen-bond donors (Lipinski definition) is 0. The Balaban J connectivity index is 1.08. The van der Waals surface area contributed by atoms with E-state index in [9.17, 15) is 4.79 Å². The molecule has 7 atom stereocenters. The lowest BCUT2D eigenvalue weighted by Crippen LogP contribution is -2.36. The maximum Gasteiger partial charge on any atom is 0.311 e. The monoisotopic (exact) mass is 328 g/mol. The number of carbonyl (C=O) groups is 1. The van der Waals surface area contributed by atoms with Crippen molar-refractivity contribution in [2.75, 3.05) is 6.79 Å². The van der Waals surface area contributed by atoms with Crippen molar-refractivity contribution in [3.8, 4) is 0 Å². The molecule has 0 amide bonds. The van der Waals surface area contributed by atoms with Gasteiger partial charge in [-0.25, -0.2) is 0 Å². The molecule has 0 N–H and O–H groups in total. The van der Waals surface area contributed by atoms with Gasteiger partial charge in [-0.05, 0) is 92.8 Å². The summed E-state index contributed by atoms with van der Waals surface area (Å²) >= 11 is 0. The maximum atomic E-state index is 12.7. The van der Waals surface area contributed by atoms with Gasteiger partial charge in [0, 0.05) is 0 Å². The molecule has 5 saturated carbocycles. The van der Waals surface area contributed by atoms with Gasteiger partial charge >= 0.3 is 5.97 Å². The van der Waals surface area contributed by atoms with Gasteiger partial charge in [-0.15, -0.1) is 0 Å². The average Bonchev–Trinajstić information content (AvgIpc) is 3.41. The van der Waals surface area contributed by atoms with Gasteiger partial charge in [-0.2, -0.15) is 0 Å². The highest BCUT2D eigenvalue weighted by Crippen LogP contribution is 2.67. The van der Waals surface area contributed by atoms with Crippen LogP contribution in [0.2, 0.25) is 0 Å². The molecule has 6 aliphatic rings. The number of ether oxygens (including phenoxy) is 2. The van der Waals surface area contributed by atoms with Gasteiger partial charge in [0.15, 0.2) is 6.79 Å². The molecule has 5 fully saturated rings. The minimum atomic E-state index is 0.0386. The lowest BCUT2D eigenvalue weighted by Gasteiger charge is -2.35. The van der Waals surface area contributed by atoms with Crippen molar-refractivity contribution in [3.05, 3.63) is 12.2 Å². The molecule has 6 rings (SSSR count). The van der Waals surface area contributed by atoms with Crippen molar-refractivity contribution >= 4 is 5.97 Å². The van der Waals surface area contributed by atoms with E-state index in [4.69, 9.17) is 9.47 Å². The van der Waals surface area contributed by atoms with E-state index in [0.29, 0.717) is 5.92 Å². The number of carbonyl (C=O) groups excluding carboxylic acids is 1. The molecule has 0 heterocycles. The van der Waals surface area contributed by atoms with Crippen LogP contribution in [0.5, 0.6) is 0 Å². The number of esters is 1. The van der Waals surface area contributed by atoms with Crippen molar-refractivity contribution in [1.29, 1.82) is 0 Å². The third kappa shape index (κ3) is 1.85. The van der Waals surface area contributed by atoms with Crippen LogP contribution in [0, 0.1) is 47.3 Å². The summed E-state index contributed by atoms with van der Waals surface area (Å²) in [4.78, 5) is 12.7. The second-order valence-corrected chi connectivity index (χ2v) is 9.66. The minimum absolute atomic E-state index is 0.0386. The van der Waals surface area contributed by atoms with Crippen molar-refractivity contribution in [2.24, 2.45) is 47.3 Å². The predicted octanol–water partition coefficient (Wildman–Crippen LogP) is 3.93. The smallest absolute Gasteiger partial charge is 0.311 e. The third-order valence-electron chi connectivity index (χ3n) is 8.82. The Labute approximate surface area is 144 Å². The van der Waals surface area contributed by atoms with E-state index in [1.807, 2.05) is 0 Å². The molecule has 6 bridgehead atoms. The Morgan fingerprint density at radius 1 is 1.04 bits per heavy atom. The highest BCUT2D eigenvalue weighted by Gasteiger charge is 2.62. The van der Waals surface area contributed by atoms with Crippen LogP contribution in [-0.2, 0) is 14.3 Å². The zero-order valence-corrected chi connectivity index (χ0v) is 14.4. The lowest BCUT2D eigenvalue weighted by molar-refractivity contribution is -0.179. The largest absolute Gasteiger partial charge is 0.438 e. The van der Waals surface area contributed by atoms with Crippen LogP contribution >= 0.6 is 0 Å². The SMILES string of the molecule is O=C(OCOC12CCC(CC1)C2)C1CC2CC1C1C3C=CC(C3)C21. The summed E-state index contributed by atoms with van der Waals surface area (Å²) in [5, 5.41) is 0. The molecule has 0 aliphatic heterocycles. The third-order valence-corrected chi connectivity index (χ3v) is 8.82. The van der Waals surface area contributed by atoms with Crippen LogP contribution in [0.3, 0.4) is 0 Å². The second kappa shape index (κ2) is 4.87. The molecule has 3 heteroatoms. The fourth-order valence-corrected chi connectivity index (χ4v) is 7.95. The molecular weight excluding hydrogens is 300 g/mol. The molecule has 130 valence electrons. The molecule has 0 aromatic rings. The van der Waals surface area contributed by atoms with Crippen LogP contribution < -0.4 is 0 Å². The van der Waals surface area contributed by atoms with E-state index in [0.717, 1.165) is 41.9 Å². The summed E-state index contributed by atoms with van der Waals surface area (Å²) in [6.45, 7) is 0.194. The summed E-state index contributed by atoms with van der Waals surface area (Å²) in [5.74, 6) is 5.69. The molecule has 6 aliphatic carbocycles. The predicted molar refractivity (Wildman–Crippen MR) is 88.8 cm³/mol. The number of allylic oxidation sites excluding steroid dienone is 2. The topological polar surface area (TPSA) is 35.5 Å². The Bertz CT molecular complexity index is 588. The average molecular weight is 328 g/mol. The van der Waals surface area contributed by atoms with Gasteiger partial charge in [0.1, 0.15) is 0 Å². The summed E-state index contributed by atoms with van der Waals surface area (Å²) < 4.78 is 11.7. The van der Waals surface area contributed by atoms with E-state index >= 15 is 0 Å². The fraction of sp³-hybridized carbons (Fsp3) is 0.857. The number of fused-ring (bicyclic) bond motifs is 11. The van der Waals surface area contributed by atoms with E-state index in [1.54, 1.807) is 0 Å². The Morgan fingerprint density at radius 3 is 2.58 bits per heavy atom.